The van der Waals surface area contributed by atoms with Gasteiger partial charge in [0.05, 0.1) is 0 Å². The molecule has 29 heavy (non-hydrogen) atoms. The van der Waals surface area contributed by atoms with Gasteiger partial charge in [-0.25, -0.2) is 0 Å². The van der Waals surface area contributed by atoms with E-state index in [0.717, 1.165) is 6.42 Å². The van der Waals surface area contributed by atoms with Gasteiger partial charge in [0.1, 0.15) is 0 Å². The maximum Gasteiger partial charge on any atom is -0.00148 e. The Balaban J connectivity index is 2.58. The molecule has 0 unspecified atom stereocenters. The second-order valence-electron chi connectivity index (χ2n) is 10.7. The van der Waals surface area contributed by atoms with Crippen molar-refractivity contribution < 1.29 is 0 Å². The second-order valence-corrected chi connectivity index (χ2v) is 10.7. The van der Waals surface area contributed by atoms with Crippen molar-refractivity contribution in [1.29, 1.82) is 0 Å². The Morgan fingerprint density at radius 1 is 0.448 bits per heavy atom. The maximum absolute atomic E-state index is 2.38. The third-order valence-electron chi connectivity index (χ3n) is 5.61. The highest BCUT2D eigenvalue weighted by molar-refractivity contribution is 5.45. The highest BCUT2D eigenvalue weighted by Crippen LogP contribution is 2.29. The van der Waals surface area contributed by atoms with Crippen LogP contribution < -0.4 is 0 Å². The van der Waals surface area contributed by atoms with Crippen LogP contribution in [0.4, 0.5) is 0 Å². The zero-order chi connectivity index (χ0) is 21.6. The van der Waals surface area contributed by atoms with Crippen molar-refractivity contribution in [2.24, 2.45) is 23.7 Å². The van der Waals surface area contributed by atoms with Crippen LogP contribution in [0.3, 0.4) is 0 Å². The summed E-state index contributed by atoms with van der Waals surface area (Å²) in [4.78, 5) is 0. The topological polar surface area (TPSA) is 0 Å². The van der Waals surface area contributed by atoms with Gasteiger partial charge >= 0.3 is 0 Å². The van der Waals surface area contributed by atoms with E-state index in [4.69, 9.17) is 0 Å². The molecular weight excluding hydrogens is 348 g/mol. The van der Waals surface area contributed by atoms with Crippen LogP contribution in [0.2, 0.25) is 0 Å². The minimum absolute atomic E-state index is 0.684. The molecule has 0 aromatic heterocycles. The van der Waals surface area contributed by atoms with Gasteiger partial charge in [-0.2, -0.15) is 0 Å². The first-order valence-corrected chi connectivity index (χ1v) is 11.9. The third-order valence-corrected chi connectivity index (χ3v) is 5.61. The molecule has 0 amide bonds. The van der Waals surface area contributed by atoms with E-state index < -0.39 is 0 Å². The Labute approximate surface area is 181 Å². The average molecular weight is 393 g/mol. The molecule has 0 aliphatic carbocycles. The first-order valence-electron chi connectivity index (χ1n) is 11.9. The van der Waals surface area contributed by atoms with Gasteiger partial charge in [-0.05, 0) is 89.2 Å². The summed E-state index contributed by atoms with van der Waals surface area (Å²) in [5.41, 5.74) is 9.47. The smallest absolute Gasteiger partial charge is 0.00148 e. The van der Waals surface area contributed by atoms with Crippen molar-refractivity contribution in [3.63, 3.8) is 0 Å². The molecule has 0 fully saturated rings. The summed E-state index contributed by atoms with van der Waals surface area (Å²) in [5, 5.41) is 0. The SMILES string of the molecule is CC(C)Cc1cccc(CC(C)C)c1Cc1c(CC(C)C)cccc1CC(C)C. The fourth-order valence-corrected chi connectivity index (χ4v) is 4.53. The molecule has 0 N–H and O–H groups in total. The predicted molar refractivity (Wildman–Crippen MR) is 130 cm³/mol. The fraction of sp³-hybridized carbons (Fsp3) is 0.586. The molecule has 0 radical (unpaired) electrons. The summed E-state index contributed by atoms with van der Waals surface area (Å²) in [6.45, 7) is 18.7. The van der Waals surface area contributed by atoms with Gasteiger partial charge in [0.25, 0.3) is 0 Å². The predicted octanol–water partition coefficient (Wildman–Crippen LogP) is 8.07. The summed E-state index contributed by atoms with van der Waals surface area (Å²) < 4.78 is 0. The van der Waals surface area contributed by atoms with E-state index in [2.05, 4.69) is 91.8 Å². The normalized spacial score (nSPS) is 12.0. The Bertz CT molecular complexity index is 640. The Morgan fingerprint density at radius 3 is 0.897 bits per heavy atom. The molecule has 160 valence electrons. The van der Waals surface area contributed by atoms with Crippen molar-refractivity contribution in [2.75, 3.05) is 0 Å². The summed E-state index contributed by atoms with van der Waals surface area (Å²) >= 11 is 0. The van der Waals surface area contributed by atoms with Crippen molar-refractivity contribution in [2.45, 2.75) is 87.5 Å². The Kier molecular flexibility index (Phi) is 9.00. The number of rotatable bonds is 10. The van der Waals surface area contributed by atoms with Crippen LogP contribution in [-0.2, 0) is 32.1 Å². The lowest BCUT2D eigenvalue weighted by atomic mass is 9.83. The zero-order valence-corrected chi connectivity index (χ0v) is 20.3. The maximum atomic E-state index is 2.38. The van der Waals surface area contributed by atoms with Gasteiger partial charge in [0.2, 0.25) is 0 Å². The van der Waals surface area contributed by atoms with Crippen LogP contribution in [-0.4, -0.2) is 0 Å². The number of hydrogen-bond donors (Lipinski definition) is 0. The van der Waals surface area contributed by atoms with E-state index in [9.17, 15) is 0 Å². The van der Waals surface area contributed by atoms with Gasteiger partial charge in [-0.3, -0.25) is 0 Å². The van der Waals surface area contributed by atoms with Crippen molar-refractivity contribution in [3.05, 3.63) is 69.8 Å². The van der Waals surface area contributed by atoms with Gasteiger partial charge in [-0.1, -0.05) is 91.8 Å². The third kappa shape index (κ3) is 7.32. The molecule has 0 aliphatic heterocycles. The molecule has 0 heterocycles. The molecular formula is C29H44. The van der Waals surface area contributed by atoms with Crippen LogP contribution in [0.5, 0.6) is 0 Å². The highest BCUT2D eigenvalue weighted by atomic mass is 14.2. The molecule has 0 atom stereocenters. The molecule has 0 nitrogen and oxygen atoms in total. The van der Waals surface area contributed by atoms with E-state index in [-0.39, 0.29) is 0 Å². The molecule has 2 rings (SSSR count). The molecule has 0 bridgehead atoms. The van der Waals surface area contributed by atoms with E-state index in [0.29, 0.717) is 23.7 Å². The van der Waals surface area contributed by atoms with Gasteiger partial charge < -0.3 is 0 Å². The second kappa shape index (κ2) is 11.0. The zero-order valence-electron chi connectivity index (χ0n) is 20.3. The summed E-state index contributed by atoms with van der Waals surface area (Å²) in [7, 11) is 0. The lowest BCUT2D eigenvalue weighted by molar-refractivity contribution is 0.621. The monoisotopic (exact) mass is 392 g/mol. The van der Waals surface area contributed by atoms with Crippen LogP contribution in [0.25, 0.3) is 0 Å². The molecule has 0 saturated heterocycles. The van der Waals surface area contributed by atoms with E-state index >= 15 is 0 Å². The molecule has 0 spiro atoms. The quantitative estimate of drug-likeness (QED) is 0.383. The minimum atomic E-state index is 0.684. The van der Waals surface area contributed by atoms with E-state index in [1.165, 1.54) is 25.7 Å². The highest BCUT2D eigenvalue weighted by Gasteiger charge is 2.17. The molecule has 0 aliphatic rings. The van der Waals surface area contributed by atoms with Crippen LogP contribution >= 0.6 is 0 Å². The van der Waals surface area contributed by atoms with Gasteiger partial charge in [0, 0.05) is 0 Å². The van der Waals surface area contributed by atoms with Gasteiger partial charge in [0.15, 0.2) is 0 Å². The van der Waals surface area contributed by atoms with Crippen LogP contribution in [0.1, 0.15) is 88.8 Å². The first-order chi connectivity index (χ1) is 13.7. The summed E-state index contributed by atoms with van der Waals surface area (Å²) in [5.74, 6) is 2.74. The van der Waals surface area contributed by atoms with Crippen molar-refractivity contribution in [1.82, 2.24) is 0 Å². The summed E-state index contributed by atoms with van der Waals surface area (Å²) in [6.07, 6.45) is 5.79. The van der Waals surface area contributed by atoms with Gasteiger partial charge in [-0.15, -0.1) is 0 Å². The first kappa shape index (κ1) is 23.7. The number of hydrogen-bond acceptors (Lipinski definition) is 0. The van der Waals surface area contributed by atoms with Crippen LogP contribution in [0.15, 0.2) is 36.4 Å². The van der Waals surface area contributed by atoms with Crippen LogP contribution in [0, 0.1) is 23.7 Å². The lowest BCUT2D eigenvalue weighted by Crippen LogP contribution is -2.11. The molecule has 2 aromatic carbocycles. The molecule has 0 heteroatoms. The molecule has 2 aromatic rings. The van der Waals surface area contributed by atoms with E-state index in [1.54, 1.807) is 33.4 Å². The lowest BCUT2D eigenvalue weighted by Gasteiger charge is -2.22. The Morgan fingerprint density at radius 2 is 0.690 bits per heavy atom. The fourth-order valence-electron chi connectivity index (χ4n) is 4.53. The summed E-state index contributed by atoms with van der Waals surface area (Å²) in [6, 6.07) is 14.1. The van der Waals surface area contributed by atoms with E-state index in [1.807, 2.05) is 0 Å². The Hall–Kier alpha value is -1.56. The van der Waals surface area contributed by atoms with Crippen molar-refractivity contribution >= 4 is 0 Å². The minimum Gasteiger partial charge on any atom is -0.0625 e. The molecule has 0 saturated carbocycles. The van der Waals surface area contributed by atoms with Crippen molar-refractivity contribution in [3.8, 4) is 0 Å². The standard InChI is InChI=1S/C29H44/c1-20(2)15-24-11-9-12-25(16-21(3)4)28(24)19-29-26(17-22(5)6)13-10-14-27(29)18-23(7)8/h9-14,20-23H,15-19H2,1-8H3. The number of benzene rings is 2. The average Bonchev–Trinajstić information content (AvgIpc) is 2.58. The largest absolute Gasteiger partial charge is 0.0625 e.